The van der Waals surface area contributed by atoms with Crippen LogP contribution < -0.4 is 5.32 Å². The van der Waals surface area contributed by atoms with Crippen LogP contribution in [0.15, 0.2) is 22.7 Å². The van der Waals surface area contributed by atoms with Crippen molar-refractivity contribution in [2.45, 2.75) is 12.1 Å². The Morgan fingerprint density at radius 1 is 1.47 bits per heavy atom. The van der Waals surface area contributed by atoms with Crippen LogP contribution in [0.4, 0.5) is 4.39 Å². The number of amides is 1. The lowest BCUT2D eigenvalue weighted by Crippen LogP contribution is -2.53. The van der Waals surface area contributed by atoms with E-state index in [1.165, 1.54) is 18.2 Å². The summed E-state index contributed by atoms with van der Waals surface area (Å²) in [6.45, 7) is 2.65. The van der Waals surface area contributed by atoms with E-state index in [1.807, 2.05) is 4.90 Å². The number of rotatable bonds is 1. The van der Waals surface area contributed by atoms with Gasteiger partial charge in [-0.1, -0.05) is 0 Å². The van der Waals surface area contributed by atoms with Gasteiger partial charge in [0.2, 0.25) is 0 Å². The Morgan fingerprint density at radius 3 is 3.11 bits per heavy atom. The monoisotopic (exact) mass is 328 g/mol. The van der Waals surface area contributed by atoms with Gasteiger partial charge in [0, 0.05) is 24.1 Å². The molecule has 2 fully saturated rings. The quantitative estimate of drug-likeness (QED) is 0.847. The van der Waals surface area contributed by atoms with Crippen LogP contribution in [-0.4, -0.2) is 49.2 Å². The van der Waals surface area contributed by atoms with E-state index in [1.54, 1.807) is 0 Å². The van der Waals surface area contributed by atoms with Crippen LogP contribution in [0.5, 0.6) is 0 Å². The van der Waals surface area contributed by atoms with Crippen molar-refractivity contribution in [3.05, 3.63) is 34.1 Å². The van der Waals surface area contributed by atoms with Crippen molar-refractivity contribution in [2.75, 3.05) is 26.2 Å². The third-order valence-electron chi connectivity index (χ3n) is 3.62. The largest absolute Gasteiger partial charge is 0.373 e. The molecule has 0 aliphatic carbocycles. The van der Waals surface area contributed by atoms with Gasteiger partial charge in [-0.2, -0.15) is 0 Å². The van der Waals surface area contributed by atoms with E-state index in [2.05, 4.69) is 21.2 Å². The first-order valence-electron chi connectivity index (χ1n) is 6.25. The molecule has 2 heterocycles. The standard InChI is InChI=1S/C13H14BrFN2O2/c14-10-5-8(15)1-2-9(10)13(18)17-3-4-19-12-7-16-6-11(12)17/h1-2,5,11-12,16H,3-4,6-7H2/t11-,12+/m1/s1. The Balaban J connectivity index is 1.86. The molecule has 2 aliphatic rings. The number of hydrogen-bond donors (Lipinski definition) is 1. The smallest absolute Gasteiger partial charge is 0.255 e. The minimum absolute atomic E-state index is 0.0666. The van der Waals surface area contributed by atoms with E-state index >= 15 is 0 Å². The van der Waals surface area contributed by atoms with Gasteiger partial charge in [0.1, 0.15) is 5.82 Å². The highest BCUT2D eigenvalue weighted by molar-refractivity contribution is 9.10. The first kappa shape index (κ1) is 13.0. The summed E-state index contributed by atoms with van der Waals surface area (Å²) in [5.41, 5.74) is 0.494. The molecule has 2 aliphatic heterocycles. The summed E-state index contributed by atoms with van der Waals surface area (Å²) in [7, 11) is 0. The molecule has 1 N–H and O–H groups in total. The fourth-order valence-electron chi connectivity index (χ4n) is 2.66. The van der Waals surface area contributed by atoms with Crippen LogP contribution in [0.2, 0.25) is 0 Å². The minimum Gasteiger partial charge on any atom is -0.373 e. The van der Waals surface area contributed by atoms with Gasteiger partial charge in [-0.05, 0) is 34.1 Å². The number of morpholine rings is 1. The number of carbonyl (C=O) groups excluding carboxylic acids is 1. The van der Waals surface area contributed by atoms with Crippen LogP contribution >= 0.6 is 15.9 Å². The Bertz CT molecular complexity index is 511. The molecule has 2 saturated heterocycles. The number of hydrogen-bond acceptors (Lipinski definition) is 3. The number of nitrogens with zero attached hydrogens (tertiary/aromatic N) is 1. The summed E-state index contributed by atoms with van der Waals surface area (Å²) in [4.78, 5) is 14.4. The molecular formula is C13H14BrFN2O2. The predicted octanol–water partition coefficient (Wildman–Crippen LogP) is 1.40. The molecule has 4 nitrogen and oxygen atoms in total. The molecule has 0 saturated carbocycles. The molecule has 3 rings (SSSR count). The van der Waals surface area contributed by atoms with Gasteiger partial charge in [-0.25, -0.2) is 4.39 Å². The molecule has 1 amide bonds. The summed E-state index contributed by atoms with van der Waals surface area (Å²) >= 11 is 3.25. The van der Waals surface area contributed by atoms with Crippen LogP contribution in [0.3, 0.4) is 0 Å². The number of benzene rings is 1. The summed E-state index contributed by atoms with van der Waals surface area (Å²) in [5.74, 6) is -0.431. The van der Waals surface area contributed by atoms with Crippen molar-refractivity contribution in [3.8, 4) is 0 Å². The maximum absolute atomic E-state index is 13.1. The second kappa shape index (κ2) is 5.19. The van der Waals surface area contributed by atoms with Crippen LogP contribution in [0.1, 0.15) is 10.4 Å². The molecule has 0 unspecified atom stereocenters. The van der Waals surface area contributed by atoms with Crippen molar-refractivity contribution in [2.24, 2.45) is 0 Å². The molecule has 1 aromatic rings. The second-order valence-corrected chi connectivity index (χ2v) is 5.61. The van der Waals surface area contributed by atoms with E-state index < -0.39 is 0 Å². The third kappa shape index (κ3) is 2.40. The van der Waals surface area contributed by atoms with E-state index in [0.29, 0.717) is 23.2 Å². The normalized spacial score (nSPS) is 26.3. The molecule has 0 spiro atoms. The van der Waals surface area contributed by atoms with Gasteiger partial charge in [0.15, 0.2) is 0 Å². The molecule has 1 aromatic carbocycles. The number of fused-ring (bicyclic) bond motifs is 1. The predicted molar refractivity (Wildman–Crippen MR) is 71.5 cm³/mol. The number of nitrogens with one attached hydrogen (secondary N) is 1. The second-order valence-electron chi connectivity index (χ2n) is 4.76. The lowest BCUT2D eigenvalue weighted by atomic mass is 10.1. The van der Waals surface area contributed by atoms with Crippen molar-refractivity contribution >= 4 is 21.8 Å². The topological polar surface area (TPSA) is 41.6 Å². The summed E-state index contributed by atoms with van der Waals surface area (Å²) in [6.07, 6.45) is 0.0666. The molecule has 2 atom stereocenters. The fraction of sp³-hybridized carbons (Fsp3) is 0.462. The van der Waals surface area contributed by atoms with Crippen molar-refractivity contribution in [1.82, 2.24) is 10.2 Å². The fourth-order valence-corrected chi connectivity index (χ4v) is 3.18. The average molecular weight is 329 g/mol. The van der Waals surface area contributed by atoms with Crippen molar-refractivity contribution < 1.29 is 13.9 Å². The molecule has 0 aromatic heterocycles. The molecule has 0 bridgehead atoms. The Labute approximate surface area is 119 Å². The van der Waals surface area contributed by atoms with Gasteiger partial charge in [0.25, 0.3) is 5.91 Å². The molecule has 19 heavy (non-hydrogen) atoms. The van der Waals surface area contributed by atoms with E-state index in [9.17, 15) is 9.18 Å². The van der Waals surface area contributed by atoms with Gasteiger partial charge < -0.3 is 15.0 Å². The van der Waals surface area contributed by atoms with Gasteiger partial charge >= 0.3 is 0 Å². The van der Waals surface area contributed by atoms with E-state index in [4.69, 9.17) is 4.74 Å². The van der Waals surface area contributed by atoms with Gasteiger partial charge in [0.05, 0.1) is 24.3 Å². The highest BCUT2D eigenvalue weighted by atomic mass is 79.9. The van der Waals surface area contributed by atoms with Crippen molar-refractivity contribution in [1.29, 1.82) is 0 Å². The summed E-state index contributed by atoms with van der Waals surface area (Å²) < 4.78 is 19.2. The first-order valence-corrected chi connectivity index (χ1v) is 7.04. The average Bonchev–Trinajstić information content (AvgIpc) is 2.86. The zero-order valence-corrected chi connectivity index (χ0v) is 11.8. The van der Waals surface area contributed by atoms with Crippen LogP contribution in [0.25, 0.3) is 0 Å². The highest BCUT2D eigenvalue weighted by Crippen LogP contribution is 2.24. The molecular weight excluding hydrogens is 315 g/mol. The maximum Gasteiger partial charge on any atom is 0.255 e. The zero-order valence-electron chi connectivity index (χ0n) is 10.2. The number of ether oxygens (including phenoxy) is 1. The molecule has 0 radical (unpaired) electrons. The Hall–Kier alpha value is -0.980. The number of halogens is 2. The van der Waals surface area contributed by atoms with Gasteiger partial charge in [-0.15, -0.1) is 0 Å². The van der Waals surface area contributed by atoms with E-state index in [0.717, 1.165) is 13.1 Å². The highest BCUT2D eigenvalue weighted by Gasteiger charge is 2.38. The lowest BCUT2D eigenvalue weighted by molar-refractivity contribution is -0.0365. The van der Waals surface area contributed by atoms with E-state index in [-0.39, 0.29) is 23.9 Å². The summed E-state index contributed by atoms with van der Waals surface area (Å²) in [5, 5.41) is 3.23. The van der Waals surface area contributed by atoms with Crippen LogP contribution in [-0.2, 0) is 4.74 Å². The Kier molecular flexibility index (Phi) is 3.56. The minimum atomic E-state index is -0.356. The molecule has 102 valence electrons. The third-order valence-corrected chi connectivity index (χ3v) is 4.27. The first-order chi connectivity index (χ1) is 9.16. The maximum atomic E-state index is 13.1. The summed E-state index contributed by atoms with van der Waals surface area (Å²) in [6, 6.07) is 4.22. The van der Waals surface area contributed by atoms with Gasteiger partial charge in [-0.3, -0.25) is 4.79 Å². The molecule has 6 heteroatoms. The lowest BCUT2D eigenvalue weighted by Gasteiger charge is -2.37. The zero-order chi connectivity index (χ0) is 13.4. The SMILES string of the molecule is O=C(c1ccc(F)cc1Br)N1CCO[C@H]2CNC[C@H]21. The Morgan fingerprint density at radius 2 is 2.32 bits per heavy atom. The number of carbonyl (C=O) groups is 1. The van der Waals surface area contributed by atoms with Crippen molar-refractivity contribution in [3.63, 3.8) is 0 Å². The van der Waals surface area contributed by atoms with Crippen LogP contribution in [0, 0.1) is 5.82 Å².